The number of hydrogen-bond donors (Lipinski definition) is 2. The van der Waals surface area contributed by atoms with Crippen molar-refractivity contribution in [3.05, 3.63) is 53.0 Å². The van der Waals surface area contributed by atoms with E-state index in [1.807, 2.05) is 24.3 Å². The zero-order chi connectivity index (χ0) is 20.1. The lowest BCUT2D eigenvalue weighted by Gasteiger charge is -2.36. The van der Waals surface area contributed by atoms with Crippen LogP contribution < -0.4 is 5.32 Å². The van der Waals surface area contributed by atoms with E-state index in [2.05, 4.69) is 38.4 Å². The third kappa shape index (κ3) is 5.67. The quantitative estimate of drug-likeness (QED) is 0.282. The van der Waals surface area contributed by atoms with Crippen LogP contribution in [0, 0.1) is 0 Å². The summed E-state index contributed by atoms with van der Waals surface area (Å²) in [6, 6.07) is 7.88. The van der Waals surface area contributed by atoms with Gasteiger partial charge in [-0.25, -0.2) is 0 Å². The highest BCUT2D eigenvalue weighted by Crippen LogP contribution is 2.22. The van der Waals surface area contributed by atoms with Gasteiger partial charge in [-0.05, 0) is 37.1 Å². The van der Waals surface area contributed by atoms with E-state index >= 15 is 0 Å². The van der Waals surface area contributed by atoms with E-state index in [9.17, 15) is 0 Å². The van der Waals surface area contributed by atoms with Gasteiger partial charge in [-0.3, -0.25) is 9.89 Å². The predicted molar refractivity (Wildman–Crippen MR) is 132 cm³/mol. The first-order valence-corrected chi connectivity index (χ1v) is 10.5. The maximum Gasteiger partial charge on any atom is 0.194 e. The number of nitrogens with zero attached hydrogens (tertiary/aromatic N) is 4. The number of halogens is 2. The molecule has 2 aromatic heterocycles. The molecule has 162 valence electrons. The van der Waals surface area contributed by atoms with Crippen LogP contribution in [0.25, 0.3) is 10.9 Å². The van der Waals surface area contributed by atoms with E-state index < -0.39 is 0 Å². The number of benzene rings is 1. The Labute approximate surface area is 198 Å². The summed E-state index contributed by atoms with van der Waals surface area (Å²) in [6.07, 6.45) is 4.57. The third-order valence-electron chi connectivity index (χ3n) is 5.26. The van der Waals surface area contributed by atoms with Crippen molar-refractivity contribution >= 4 is 52.4 Å². The maximum atomic E-state index is 6.16. The summed E-state index contributed by atoms with van der Waals surface area (Å²) in [4.78, 5) is 12.9. The molecule has 0 atom stereocenters. The molecule has 0 bridgehead atoms. The van der Waals surface area contributed by atoms with Gasteiger partial charge in [0.2, 0.25) is 0 Å². The Morgan fingerprint density at radius 2 is 2.10 bits per heavy atom. The Balaban J connectivity index is 0.00000256. The van der Waals surface area contributed by atoms with Crippen LogP contribution in [0.15, 0.2) is 46.2 Å². The molecule has 0 amide bonds. The summed E-state index contributed by atoms with van der Waals surface area (Å²) in [5.41, 5.74) is 3.35. The van der Waals surface area contributed by atoms with Crippen molar-refractivity contribution in [1.29, 1.82) is 0 Å². The Morgan fingerprint density at radius 3 is 2.83 bits per heavy atom. The number of rotatable bonds is 6. The van der Waals surface area contributed by atoms with E-state index in [1.165, 1.54) is 10.9 Å². The van der Waals surface area contributed by atoms with Crippen LogP contribution in [0.2, 0.25) is 5.02 Å². The highest BCUT2D eigenvalue weighted by Gasteiger charge is 2.20. The molecule has 1 fully saturated rings. The van der Waals surface area contributed by atoms with Gasteiger partial charge in [-0.15, -0.1) is 24.0 Å². The molecule has 9 heteroatoms. The molecule has 2 N–H and O–H groups in total. The monoisotopic (exact) mass is 542 g/mol. The number of fused-ring (bicyclic) bond motifs is 1. The number of hydrogen-bond acceptors (Lipinski definition) is 4. The van der Waals surface area contributed by atoms with Gasteiger partial charge in [-0.1, -0.05) is 16.8 Å². The van der Waals surface area contributed by atoms with Gasteiger partial charge in [0.15, 0.2) is 5.96 Å². The molecule has 1 aliphatic rings. The molecule has 3 aromatic rings. The van der Waals surface area contributed by atoms with Crippen LogP contribution in [0.3, 0.4) is 0 Å². The summed E-state index contributed by atoms with van der Waals surface area (Å²) >= 11 is 6.16. The van der Waals surface area contributed by atoms with Crippen LogP contribution >= 0.6 is 35.6 Å². The summed E-state index contributed by atoms with van der Waals surface area (Å²) in [6.45, 7) is 8.41. The van der Waals surface area contributed by atoms with Crippen LogP contribution in [-0.4, -0.2) is 65.2 Å². The highest BCUT2D eigenvalue weighted by molar-refractivity contribution is 14.0. The fourth-order valence-electron chi connectivity index (χ4n) is 3.73. The summed E-state index contributed by atoms with van der Waals surface area (Å²) in [5.74, 6) is 0.992. The summed E-state index contributed by atoms with van der Waals surface area (Å²) in [5, 5.41) is 9.39. The molecular weight excluding hydrogens is 515 g/mol. The number of guanidine groups is 1. The van der Waals surface area contributed by atoms with Gasteiger partial charge in [0.1, 0.15) is 6.26 Å². The fourth-order valence-corrected chi connectivity index (χ4v) is 3.90. The lowest BCUT2D eigenvalue weighted by molar-refractivity contribution is 0.169. The minimum Gasteiger partial charge on any atom is -0.364 e. The second-order valence-corrected chi connectivity index (χ2v) is 7.68. The Morgan fingerprint density at radius 1 is 1.27 bits per heavy atom. The lowest BCUT2D eigenvalue weighted by Crippen LogP contribution is -2.52. The van der Waals surface area contributed by atoms with Crippen molar-refractivity contribution in [3.8, 4) is 0 Å². The molecule has 7 nitrogen and oxygen atoms in total. The average molecular weight is 543 g/mol. The third-order valence-corrected chi connectivity index (χ3v) is 5.49. The standard InChI is InChI=1S/C21H27ClN6O.HI/c1-2-23-21(28-10-8-27(9-11-28)15-18-6-12-29-26-18)24-7-5-16-14-25-20-4-3-17(22)13-19(16)20;/h3-4,6,12-14,25H,2,5,7-11,15H2,1H3,(H,23,24);1H. The summed E-state index contributed by atoms with van der Waals surface area (Å²) in [7, 11) is 0. The first-order valence-electron chi connectivity index (χ1n) is 10.1. The molecule has 0 aliphatic carbocycles. The number of aromatic nitrogens is 2. The van der Waals surface area contributed by atoms with Gasteiger partial charge in [0.25, 0.3) is 0 Å². The van der Waals surface area contributed by atoms with Crippen LogP contribution in [0.1, 0.15) is 18.2 Å². The van der Waals surface area contributed by atoms with Crippen molar-refractivity contribution in [1.82, 2.24) is 25.3 Å². The van der Waals surface area contributed by atoms with Crippen LogP contribution in [-0.2, 0) is 13.0 Å². The van der Waals surface area contributed by atoms with Gasteiger partial charge < -0.3 is 19.7 Å². The number of H-pyrrole nitrogens is 1. The molecule has 0 unspecified atom stereocenters. The minimum absolute atomic E-state index is 0. The summed E-state index contributed by atoms with van der Waals surface area (Å²) < 4.78 is 4.93. The van der Waals surface area contributed by atoms with Gasteiger partial charge in [0.05, 0.1) is 5.69 Å². The number of piperazine rings is 1. The maximum absolute atomic E-state index is 6.16. The smallest absolute Gasteiger partial charge is 0.194 e. The first-order chi connectivity index (χ1) is 14.2. The second-order valence-electron chi connectivity index (χ2n) is 7.24. The Bertz CT molecular complexity index is 950. The SMILES string of the molecule is CCNC(=NCCc1c[nH]c2ccc(Cl)cc12)N1CCN(Cc2ccon2)CC1.I. The number of aromatic amines is 1. The van der Waals surface area contributed by atoms with E-state index in [1.54, 1.807) is 6.26 Å². The van der Waals surface area contributed by atoms with Crippen LogP contribution in [0.5, 0.6) is 0 Å². The Kier molecular flexibility index (Phi) is 8.41. The molecule has 0 spiro atoms. The predicted octanol–water partition coefficient (Wildman–Crippen LogP) is 3.75. The Hall–Kier alpha value is -1.78. The molecular formula is C21H28ClIN6O. The molecule has 4 rings (SSSR count). The second kappa shape index (κ2) is 11.0. The van der Waals surface area contributed by atoms with Crippen molar-refractivity contribution in [2.24, 2.45) is 4.99 Å². The largest absolute Gasteiger partial charge is 0.364 e. The number of nitrogens with one attached hydrogen (secondary N) is 2. The normalized spacial score (nSPS) is 15.4. The van der Waals surface area contributed by atoms with E-state index in [-0.39, 0.29) is 24.0 Å². The van der Waals surface area contributed by atoms with Crippen molar-refractivity contribution in [3.63, 3.8) is 0 Å². The van der Waals surface area contributed by atoms with Gasteiger partial charge in [0, 0.05) is 74.0 Å². The molecule has 1 aliphatic heterocycles. The van der Waals surface area contributed by atoms with Crippen molar-refractivity contribution in [2.75, 3.05) is 39.3 Å². The molecule has 1 saturated heterocycles. The van der Waals surface area contributed by atoms with Crippen molar-refractivity contribution in [2.45, 2.75) is 19.9 Å². The zero-order valence-corrected chi connectivity index (χ0v) is 20.2. The number of aliphatic imine (C=N–C) groups is 1. The lowest BCUT2D eigenvalue weighted by atomic mass is 10.1. The van der Waals surface area contributed by atoms with Crippen LogP contribution in [0.4, 0.5) is 0 Å². The first kappa shape index (κ1) is 22.9. The molecule has 0 saturated carbocycles. The fraction of sp³-hybridized carbons (Fsp3) is 0.429. The topological polar surface area (TPSA) is 72.7 Å². The van der Waals surface area contributed by atoms with E-state index in [4.69, 9.17) is 21.1 Å². The average Bonchev–Trinajstić information content (AvgIpc) is 3.38. The molecule has 0 radical (unpaired) electrons. The van der Waals surface area contributed by atoms with Crippen molar-refractivity contribution < 1.29 is 4.52 Å². The van der Waals surface area contributed by atoms with E-state index in [0.29, 0.717) is 0 Å². The highest BCUT2D eigenvalue weighted by atomic mass is 127. The zero-order valence-electron chi connectivity index (χ0n) is 17.1. The molecule has 30 heavy (non-hydrogen) atoms. The van der Waals surface area contributed by atoms with Gasteiger partial charge >= 0.3 is 0 Å². The minimum atomic E-state index is 0. The van der Waals surface area contributed by atoms with E-state index in [0.717, 1.165) is 74.4 Å². The molecule has 3 heterocycles. The molecule has 1 aromatic carbocycles. The van der Waals surface area contributed by atoms with Gasteiger partial charge in [-0.2, -0.15) is 0 Å².